The molecule has 0 spiro atoms. The fourth-order valence-corrected chi connectivity index (χ4v) is 3.19. The average Bonchev–Trinajstić information content (AvgIpc) is 3.11. The molecule has 0 unspecified atom stereocenters. The zero-order chi connectivity index (χ0) is 20.5. The molecule has 1 aromatic heterocycles. The molecule has 0 aliphatic carbocycles. The lowest BCUT2D eigenvalue weighted by Gasteiger charge is -2.04. The Balaban J connectivity index is 1.61. The van der Waals surface area contributed by atoms with E-state index < -0.39 is 10.8 Å². The van der Waals surface area contributed by atoms with Crippen LogP contribution in [0.15, 0.2) is 65.1 Å². The first-order valence-electron chi connectivity index (χ1n) is 8.94. The number of benzene rings is 3. The number of hydrogen-bond acceptors (Lipinski definition) is 5. The Kier molecular flexibility index (Phi) is 4.56. The summed E-state index contributed by atoms with van der Waals surface area (Å²) in [6, 6.07) is 16.8. The molecular weight excluding hydrogens is 370 g/mol. The summed E-state index contributed by atoms with van der Waals surface area (Å²) in [5, 5.41) is 13.6. The number of nitro groups is 1. The molecule has 0 bridgehead atoms. The van der Waals surface area contributed by atoms with Crippen molar-refractivity contribution in [3.63, 3.8) is 0 Å². The van der Waals surface area contributed by atoms with Crippen molar-refractivity contribution in [3.8, 4) is 11.5 Å². The van der Waals surface area contributed by atoms with Crippen LogP contribution in [0.4, 0.5) is 11.4 Å². The van der Waals surface area contributed by atoms with Crippen molar-refractivity contribution in [2.45, 2.75) is 13.8 Å². The molecule has 0 atom stereocenters. The summed E-state index contributed by atoms with van der Waals surface area (Å²) in [5.74, 6) is 0.0695. The van der Waals surface area contributed by atoms with Gasteiger partial charge in [0.1, 0.15) is 5.52 Å². The second kappa shape index (κ2) is 7.20. The number of carbonyl (C=O) groups excluding carboxylic acids is 1. The predicted molar refractivity (Wildman–Crippen MR) is 110 cm³/mol. The normalized spacial score (nSPS) is 10.8. The lowest BCUT2D eigenvalue weighted by atomic mass is 10.1. The number of anilines is 1. The van der Waals surface area contributed by atoms with E-state index >= 15 is 0 Å². The molecule has 29 heavy (non-hydrogen) atoms. The highest BCUT2D eigenvalue weighted by molar-refractivity contribution is 6.05. The van der Waals surface area contributed by atoms with Gasteiger partial charge in [-0.25, -0.2) is 4.98 Å². The summed E-state index contributed by atoms with van der Waals surface area (Å²) < 4.78 is 5.85. The minimum absolute atomic E-state index is 0.136. The fourth-order valence-electron chi connectivity index (χ4n) is 3.19. The molecule has 0 fully saturated rings. The van der Waals surface area contributed by atoms with Crippen molar-refractivity contribution < 1.29 is 14.1 Å². The molecular formula is C22H17N3O4. The number of aromatic nitrogens is 1. The third kappa shape index (κ3) is 3.84. The molecule has 1 amide bonds. The van der Waals surface area contributed by atoms with Gasteiger partial charge in [-0.1, -0.05) is 23.3 Å². The molecule has 0 radical (unpaired) electrons. The van der Waals surface area contributed by atoms with Crippen LogP contribution >= 0.6 is 0 Å². The number of nitrogens with zero attached hydrogens (tertiary/aromatic N) is 2. The van der Waals surface area contributed by atoms with Crippen molar-refractivity contribution in [2.75, 3.05) is 5.32 Å². The molecule has 1 N–H and O–H groups in total. The summed E-state index contributed by atoms with van der Waals surface area (Å²) >= 11 is 0. The van der Waals surface area contributed by atoms with Crippen LogP contribution in [0, 0.1) is 24.0 Å². The van der Waals surface area contributed by atoms with Gasteiger partial charge in [0, 0.05) is 28.9 Å². The number of fused-ring (bicyclic) bond motifs is 1. The molecule has 4 aromatic rings. The number of nitro benzene ring substituents is 1. The third-order valence-electron chi connectivity index (χ3n) is 4.43. The van der Waals surface area contributed by atoms with Crippen LogP contribution < -0.4 is 5.32 Å². The van der Waals surface area contributed by atoms with Crippen molar-refractivity contribution in [3.05, 3.63) is 87.5 Å². The Bertz CT molecular complexity index is 1240. The Morgan fingerprint density at radius 3 is 2.52 bits per heavy atom. The quantitative estimate of drug-likeness (QED) is 0.380. The Morgan fingerprint density at radius 2 is 1.79 bits per heavy atom. The molecule has 3 aromatic carbocycles. The maximum absolute atomic E-state index is 12.4. The van der Waals surface area contributed by atoms with Gasteiger partial charge in [-0.2, -0.15) is 0 Å². The van der Waals surface area contributed by atoms with Gasteiger partial charge in [0.25, 0.3) is 11.6 Å². The van der Waals surface area contributed by atoms with Crippen LogP contribution in [0.1, 0.15) is 21.5 Å². The standard InChI is InChI=1S/C22H17N3O4/c1-13-8-14(2)10-16(9-13)22-24-19-12-17(6-7-20(19)29-22)23-21(26)15-4-3-5-18(11-15)25(27)28/h3-12H,1-2H3,(H,23,26). The monoisotopic (exact) mass is 387 g/mol. The highest BCUT2D eigenvalue weighted by atomic mass is 16.6. The number of amides is 1. The second-order valence-electron chi connectivity index (χ2n) is 6.84. The molecule has 0 saturated heterocycles. The molecule has 144 valence electrons. The van der Waals surface area contributed by atoms with E-state index in [1.165, 1.54) is 24.3 Å². The third-order valence-corrected chi connectivity index (χ3v) is 4.43. The molecule has 1 heterocycles. The van der Waals surface area contributed by atoms with E-state index in [1.807, 2.05) is 26.0 Å². The fraction of sp³-hybridized carbons (Fsp3) is 0.0909. The Labute approximate surface area is 166 Å². The van der Waals surface area contributed by atoms with E-state index in [9.17, 15) is 14.9 Å². The summed E-state index contributed by atoms with van der Waals surface area (Å²) in [7, 11) is 0. The summed E-state index contributed by atoms with van der Waals surface area (Å²) in [5.41, 5.74) is 4.93. The van der Waals surface area contributed by atoms with Crippen molar-refractivity contribution in [1.82, 2.24) is 4.98 Å². The number of aryl methyl sites for hydroxylation is 2. The van der Waals surface area contributed by atoms with Crippen molar-refractivity contribution in [2.24, 2.45) is 0 Å². The van der Waals surface area contributed by atoms with Gasteiger partial charge in [-0.05, 0) is 50.2 Å². The Hall–Kier alpha value is -4.00. The molecule has 4 rings (SSSR count). The highest BCUT2D eigenvalue weighted by Crippen LogP contribution is 2.28. The Morgan fingerprint density at radius 1 is 1.03 bits per heavy atom. The predicted octanol–water partition coefficient (Wildman–Crippen LogP) is 5.27. The van der Waals surface area contributed by atoms with Crippen LogP contribution in [0.25, 0.3) is 22.6 Å². The first-order chi connectivity index (χ1) is 13.9. The van der Waals surface area contributed by atoms with Crippen molar-refractivity contribution in [1.29, 1.82) is 0 Å². The zero-order valence-corrected chi connectivity index (χ0v) is 15.8. The van der Waals surface area contributed by atoms with Crippen LogP contribution in [0.2, 0.25) is 0 Å². The van der Waals surface area contributed by atoms with E-state index in [-0.39, 0.29) is 11.3 Å². The van der Waals surface area contributed by atoms with Gasteiger partial charge in [-0.15, -0.1) is 0 Å². The highest BCUT2D eigenvalue weighted by Gasteiger charge is 2.14. The maximum Gasteiger partial charge on any atom is 0.270 e. The summed E-state index contributed by atoms with van der Waals surface area (Å²) in [6.45, 7) is 4.03. The molecule has 0 saturated carbocycles. The maximum atomic E-state index is 12.4. The van der Waals surface area contributed by atoms with Gasteiger partial charge in [0.05, 0.1) is 4.92 Å². The van der Waals surface area contributed by atoms with Gasteiger partial charge in [-0.3, -0.25) is 14.9 Å². The molecule has 0 aliphatic rings. The van der Waals surface area contributed by atoms with E-state index in [2.05, 4.69) is 16.4 Å². The van der Waals surface area contributed by atoms with E-state index in [0.29, 0.717) is 22.7 Å². The second-order valence-corrected chi connectivity index (χ2v) is 6.84. The largest absolute Gasteiger partial charge is 0.436 e. The van der Waals surface area contributed by atoms with Crippen molar-refractivity contribution >= 4 is 28.4 Å². The minimum Gasteiger partial charge on any atom is -0.436 e. The molecule has 0 aliphatic heterocycles. The van der Waals surface area contributed by atoms with Crippen LogP contribution in [0.5, 0.6) is 0 Å². The SMILES string of the molecule is Cc1cc(C)cc(-c2nc3cc(NC(=O)c4cccc([N+](=O)[O-])c4)ccc3o2)c1. The topological polar surface area (TPSA) is 98.3 Å². The summed E-state index contributed by atoms with van der Waals surface area (Å²) in [4.78, 5) is 27.3. The van der Waals surface area contributed by atoms with Gasteiger partial charge < -0.3 is 9.73 Å². The van der Waals surface area contributed by atoms with Crippen LogP contribution in [0.3, 0.4) is 0 Å². The lowest BCUT2D eigenvalue weighted by molar-refractivity contribution is -0.384. The first-order valence-corrected chi connectivity index (χ1v) is 8.94. The number of rotatable bonds is 4. The first kappa shape index (κ1) is 18.4. The minimum atomic E-state index is -0.535. The average molecular weight is 387 g/mol. The van der Waals surface area contributed by atoms with E-state index in [1.54, 1.807) is 18.2 Å². The number of carbonyl (C=O) groups is 1. The van der Waals surface area contributed by atoms with E-state index in [0.717, 1.165) is 16.7 Å². The van der Waals surface area contributed by atoms with Crippen LogP contribution in [-0.2, 0) is 0 Å². The molecule has 7 heteroatoms. The zero-order valence-electron chi connectivity index (χ0n) is 15.8. The van der Waals surface area contributed by atoms with Crippen LogP contribution in [-0.4, -0.2) is 15.8 Å². The molecule has 7 nitrogen and oxygen atoms in total. The summed E-state index contributed by atoms with van der Waals surface area (Å²) in [6.07, 6.45) is 0. The van der Waals surface area contributed by atoms with Gasteiger partial charge in [0.15, 0.2) is 5.58 Å². The lowest BCUT2D eigenvalue weighted by Crippen LogP contribution is -2.12. The number of nitrogens with one attached hydrogen (secondary N) is 1. The number of hydrogen-bond donors (Lipinski definition) is 1. The van der Waals surface area contributed by atoms with Gasteiger partial charge in [0.2, 0.25) is 5.89 Å². The number of non-ortho nitro benzene ring substituents is 1. The van der Waals surface area contributed by atoms with Gasteiger partial charge >= 0.3 is 0 Å². The smallest absolute Gasteiger partial charge is 0.270 e. The number of oxazole rings is 1. The van der Waals surface area contributed by atoms with E-state index in [4.69, 9.17) is 4.42 Å².